The summed E-state index contributed by atoms with van der Waals surface area (Å²) in [7, 11) is 0. The summed E-state index contributed by atoms with van der Waals surface area (Å²) in [6.07, 6.45) is -0.766. The van der Waals surface area contributed by atoms with Crippen molar-refractivity contribution in [2.24, 2.45) is 0 Å². The molecule has 0 saturated carbocycles. The van der Waals surface area contributed by atoms with Gasteiger partial charge < -0.3 is 9.47 Å². The number of hydrogen-bond acceptors (Lipinski definition) is 6. The van der Waals surface area contributed by atoms with Crippen molar-refractivity contribution in [3.05, 3.63) is 95.7 Å². The van der Waals surface area contributed by atoms with E-state index in [9.17, 15) is 9.59 Å². The van der Waals surface area contributed by atoms with Crippen LogP contribution in [-0.4, -0.2) is 33.7 Å². The fraction of sp³-hybridized carbons (Fsp3) is 0.214. The number of aromatic nitrogens is 3. The molecule has 4 rings (SSSR count). The molecule has 184 valence electrons. The molecule has 3 aromatic carbocycles. The van der Waals surface area contributed by atoms with Gasteiger partial charge in [-0.15, -0.1) is 5.10 Å². The van der Waals surface area contributed by atoms with Gasteiger partial charge in [0.05, 0.1) is 18.7 Å². The molecule has 0 aliphatic carbocycles. The van der Waals surface area contributed by atoms with Gasteiger partial charge in [-0.25, -0.2) is 4.79 Å². The molecule has 4 aromatic rings. The number of nitrogens with one attached hydrogen (secondary N) is 1. The van der Waals surface area contributed by atoms with Gasteiger partial charge in [-0.05, 0) is 55.2 Å². The molecule has 0 spiro atoms. The third-order valence-corrected chi connectivity index (χ3v) is 5.64. The van der Waals surface area contributed by atoms with Crippen LogP contribution in [0.25, 0.3) is 16.8 Å². The number of carbonyl (C=O) groups is 2. The van der Waals surface area contributed by atoms with Gasteiger partial charge in [0, 0.05) is 0 Å². The normalized spacial score (nSPS) is 11.5. The minimum atomic E-state index is -0.591. The third-order valence-electron chi connectivity index (χ3n) is 5.64. The summed E-state index contributed by atoms with van der Waals surface area (Å²) in [6, 6.07) is 25.0. The Bertz CT molecular complexity index is 1330. The van der Waals surface area contributed by atoms with Crippen molar-refractivity contribution in [2.45, 2.75) is 33.3 Å². The number of aryl methyl sites for hydroxylation is 1. The average Bonchev–Trinajstić information content (AvgIpc) is 3.25. The first kappa shape index (κ1) is 24.7. The maximum atomic E-state index is 12.6. The minimum Gasteiger partial charge on any atom is -0.466 e. The number of benzene rings is 3. The number of anilines is 1. The van der Waals surface area contributed by atoms with Crippen molar-refractivity contribution in [1.29, 1.82) is 0 Å². The highest BCUT2D eigenvalue weighted by atomic mass is 16.6. The maximum Gasteiger partial charge on any atom is 0.413 e. The van der Waals surface area contributed by atoms with Crippen molar-refractivity contribution in [3.8, 4) is 16.8 Å². The van der Waals surface area contributed by atoms with Crippen LogP contribution >= 0.6 is 0 Å². The number of esters is 1. The van der Waals surface area contributed by atoms with Crippen molar-refractivity contribution in [2.75, 3.05) is 11.9 Å². The summed E-state index contributed by atoms with van der Waals surface area (Å²) < 4.78 is 12.1. The summed E-state index contributed by atoms with van der Waals surface area (Å²) in [5.74, 6) is 0.188. The number of amides is 1. The molecule has 0 radical (unpaired) electrons. The van der Waals surface area contributed by atoms with E-state index in [-0.39, 0.29) is 12.4 Å². The molecule has 0 aliphatic rings. The minimum absolute atomic E-state index is 0.237. The highest BCUT2D eigenvalue weighted by Crippen LogP contribution is 2.25. The van der Waals surface area contributed by atoms with Crippen LogP contribution in [0, 0.1) is 6.92 Å². The average molecular weight is 485 g/mol. The van der Waals surface area contributed by atoms with E-state index in [4.69, 9.17) is 9.47 Å². The van der Waals surface area contributed by atoms with E-state index in [1.54, 1.807) is 18.5 Å². The van der Waals surface area contributed by atoms with Crippen molar-refractivity contribution in [1.82, 2.24) is 15.0 Å². The Morgan fingerprint density at radius 3 is 2.44 bits per heavy atom. The van der Waals surface area contributed by atoms with E-state index in [0.29, 0.717) is 18.1 Å². The fourth-order valence-corrected chi connectivity index (χ4v) is 3.77. The predicted octanol–water partition coefficient (Wildman–Crippen LogP) is 5.66. The lowest BCUT2D eigenvalue weighted by Crippen LogP contribution is -2.18. The molecular weight excluding hydrogens is 456 g/mol. The quantitative estimate of drug-likeness (QED) is 0.324. The lowest BCUT2D eigenvalue weighted by atomic mass is 10.0. The summed E-state index contributed by atoms with van der Waals surface area (Å²) >= 11 is 0. The van der Waals surface area contributed by atoms with Crippen LogP contribution in [-0.2, 0) is 20.7 Å². The van der Waals surface area contributed by atoms with Crippen LogP contribution < -0.4 is 5.32 Å². The van der Waals surface area contributed by atoms with Crippen LogP contribution in [0.1, 0.15) is 36.8 Å². The van der Waals surface area contributed by atoms with Crippen molar-refractivity contribution < 1.29 is 19.1 Å². The second-order valence-corrected chi connectivity index (χ2v) is 8.25. The summed E-state index contributed by atoms with van der Waals surface area (Å²) in [5, 5.41) is 11.1. The Labute approximate surface area is 209 Å². The summed E-state index contributed by atoms with van der Waals surface area (Å²) in [4.78, 5) is 24.4. The van der Waals surface area contributed by atoms with E-state index in [1.165, 1.54) is 0 Å². The molecule has 1 aromatic heterocycles. The van der Waals surface area contributed by atoms with Gasteiger partial charge in [0.1, 0.15) is 11.8 Å². The highest BCUT2D eigenvalue weighted by molar-refractivity contribution is 5.84. The first-order chi connectivity index (χ1) is 17.4. The molecule has 0 aliphatic heterocycles. The number of ether oxygens (including phenoxy) is 2. The number of carbonyl (C=O) groups excluding carboxylic acids is 2. The predicted molar refractivity (Wildman–Crippen MR) is 137 cm³/mol. The Hall–Kier alpha value is -4.46. The second-order valence-electron chi connectivity index (χ2n) is 8.25. The largest absolute Gasteiger partial charge is 0.466 e. The molecule has 1 N–H and O–H groups in total. The summed E-state index contributed by atoms with van der Waals surface area (Å²) in [6.45, 7) is 5.75. The molecule has 8 heteroatoms. The molecule has 0 bridgehead atoms. The van der Waals surface area contributed by atoms with E-state index in [0.717, 1.165) is 27.9 Å². The molecule has 0 unspecified atom stereocenters. The van der Waals surface area contributed by atoms with Gasteiger partial charge >= 0.3 is 12.1 Å². The van der Waals surface area contributed by atoms with Gasteiger partial charge in [-0.2, -0.15) is 4.68 Å². The Morgan fingerprint density at radius 2 is 1.72 bits per heavy atom. The molecule has 0 fully saturated rings. The van der Waals surface area contributed by atoms with Gasteiger partial charge in [-0.3, -0.25) is 10.1 Å². The third kappa shape index (κ3) is 5.96. The van der Waals surface area contributed by atoms with Crippen molar-refractivity contribution >= 4 is 17.9 Å². The van der Waals surface area contributed by atoms with Crippen LogP contribution in [0.5, 0.6) is 0 Å². The van der Waals surface area contributed by atoms with Gasteiger partial charge in [0.2, 0.25) is 0 Å². The van der Waals surface area contributed by atoms with Gasteiger partial charge in [0.25, 0.3) is 0 Å². The SMILES string of the molecule is CCOC(=O)Cc1ccc(-c2cccc(-n3nnc(C)c3NC(=O)O[C@H](C)c3ccccc3)c2)cc1. The maximum absolute atomic E-state index is 12.6. The first-order valence-electron chi connectivity index (χ1n) is 11.7. The molecule has 8 nitrogen and oxygen atoms in total. The molecule has 1 atom stereocenters. The first-order valence-corrected chi connectivity index (χ1v) is 11.7. The zero-order valence-electron chi connectivity index (χ0n) is 20.5. The van der Waals surface area contributed by atoms with Crippen LogP contribution in [0.15, 0.2) is 78.9 Å². The Balaban J connectivity index is 1.50. The Morgan fingerprint density at radius 1 is 0.972 bits per heavy atom. The molecule has 0 saturated heterocycles. The molecule has 1 amide bonds. The van der Waals surface area contributed by atoms with Gasteiger partial charge in [-0.1, -0.05) is 71.9 Å². The second kappa shape index (κ2) is 11.3. The highest BCUT2D eigenvalue weighted by Gasteiger charge is 2.18. The van der Waals surface area contributed by atoms with E-state index >= 15 is 0 Å². The molecular formula is C28H28N4O4. The summed E-state index contributed by atoms with van der Waals surface area (Å²) in [5.41, 5.74) is 5.01. The molecule has 1 heterocycles. The zero-order chi connectivity index (χ0) is 25.5. The lowest BCUT2D eigenvalue weighted by Gasteiger charge is -2.15. The molecule has 36 heavy (non-hydrogen) atoms. The topological polar surface area (TPSA) is 95.3 Å². The lowest BCUT2D eigenvalue weighted by molar-refractivity contribution is -0.142. The van der Waals surface area contributed by atoms with E-state index < -0.39 is 12.2 Å². The number of hydrogen-bond donors (Lipinski definition) is 1. The van der Waals surface area contributed by atoms with Crippen molar-refractivity contribution in [3.63, 3.8) is 0 Å². The monoisotopic (exact) mass is 484 g/mol. The number of nitrogens with zero attached hydrogens (tertiary/aromatic N) is 3. The fourth-order valence-electron chi connectivity index (χ4n) is 3.77. The van der Waals surface area contributed by atoms with Crippen LogP contribution in [0.3, 0.4) is 0 Å². The van der Waals surface area contributed by atoms with Crippen LogP contribution in [0.2, 0.25) is 0 Å². The Kier molecular flexibility index (Phi) is 7.75. The standard InChI is InChI=1S/C28H28N4O4/c1-4-35-26(33)17-21-13-15-23(16-14-21)24-11-8-12-25(18-24)32-27(19(2)30-31-32)29-28(34)36-20(3)22-9-6-5-7-10-22/h5-16,18,20H,4,17H2,1-3H3,(H,29,34)/t20-/m1/s1. The zero-order valence-corrected chi connectivity index (χ0v) is 20.5. The smallest absolute Gasteiger partial charge is 0.413 e. The van der Waals surface area contributed by atoms with E-state index in [1.807, 2.05) is 85.8 Å². The number of rotatable bonds is 8. The van der Waals surface area contributed by atoms with E-state index in [2.05, 4.69) is 15.6 Å². The van der Waals surface area contributed by atoms with Crippen LogP contribution in [0.4, 0.5) is 10.6 Å². The van der Waals surface area contributed by atoms with Gasteiger partial charge in [0.15, 0.2) is 5.82 Å².